The summed E-state index contributed by atoms with van der Waals surface area (Å²) in [6.45, 7) is 3.96. The summed E-state index contributed by atoms with van der Waals surface area (Å²) < 4.78 is 0. The van der Waals surface area contributed by atoms with Gasteiger partial charge in [-0.15, -0.1) is 0 Å². The molecule has 0 aliphatic heterocycles. The Bertz CT molecular complexity index is 207. The van der Waals surface area contributed by atoms with E-state index in [-0.39, 0.29) is 18.9 Å². The topological polar surface area (TPSA) is 78.4 Å². The highest BCUT2D eigenvalue weighted by molar-refractivity contribution is 5.76. The van der Waals surface area contributed by atoms with Gasteiger partial charge in [0.05, 0.1) is 6.42 Å². The Balaban J connectivity index is 3.20. The third-order valence-electron chi connectivity index (χ3n) is 2.15. The van der Waals surface area contributed by atoms with Crippen LogP contribution in [0.5, 0.6) is 0 Å². The lowest BCUT2D eigenvalue weighted by atomic mass is 10.2. The molecule has 0 aliphatic carbocycles. The van der Waals surface area contributed by atoms with E-state index in [1.807, 2.05) is 0 Å². The van der Waals surface area contributed by atoms with Crippen LogP contribution in [0.4, 0.5) is 0 Å². The van der Waals surface area contributed by atoms with E-state index in [1.165, 1.54) is 12.8 Å². The van der Waals surface area contributed by atoms with E-state index < -0.39 is 5.97 Å². The number of aliphatic carboxylic acids is 1. The normalized spacial score (nSPS) is 10.1. The number of nitrogens with one attached hydrogen (secondary N) is 2. The van der Waals surface area contributed by atoms with Crippen molar-refractivity contribution >= 4 is 11.9 Å². The molecule has 3 N–H and O–H groups in total. The lowest BCUT2D eigenvalue weighted by molar-refractivity contribution is -0.136. The molecule has 1 amide bonds. The average Bonchev–Trinajstić information content (AvgIpc) is 2.22. The van der Waals surface area contributed by atoms with Crippen molar-refractivity contribution in [3.63, 3.8) is 0 Å². The van der Waals surface area contributed by atoms with Crippen molar-refractivity contribution in [1.29, 1.82) is 0 Å². The summed E-state index contributed by atoms with van der Waals surface area (Å²) in [6, 6.07) is 0. The summed E-state index contributed by atoms with van der Waals surface area (Å²) in [5.41, 5.74) is 0. The maximum Gasteiger partial charge on any atom is 0.305 e. The average molecular weight is 230 g/mol. The van der Waals surface area contributed by atoms with E-state index >= 15 is 0 Å². The Morgan fingerprint density at radius 1 is 1.06 bits per heavy atom. The third kappa shape index (κ3) is 11.0. The first-order valence-corrected chi connectivity index (χ1v) is 5.86. The fraction of sp³-hybridized carbons (Fsp3) is 0.818. The predicted molar refractivity (Wildman–Crippen MR) is 62.3 cm³/mol. The number of hydrogen-bond acceptors (Lipinski definition) is 3. The van der Waals surface area contributed by atoms with E-state index in [0.717, 1.165) is 13.0 Å². The molecule has 0 radical (unpaired) electrons. The molecule has 0 rings (SSSR count). The van der Waals surface area contributed by atoms with E-state index in [0.29, 0.717) is 13.0 Å². The Morgan fingerprint density at radius 3 is 2.44 bits per heavy atom. The van der Waals surface area contributed by atoms with Crippen LogP contribution in [0, 0.1) is 0 Å². The van der Waals surface area contributed by atoms with Crippen LogP contribution >= 0.6 is 0 Å². The van der Waals surface area contributed by atoms with E-state index in [2.05, 4.69) is 17.6 Å². The van der Waals surface area contributed by atoms with E-state index in [4.69, 9.17) is 5.11 Å². The van der Waals surface area contributed by atoms with Crippen LogP contribution in [0.1, 0.15) is 39.0 Å². The van der Waals surface area contributed by atoms with Gasteiger partial charge in [0, 0.05) is 19.5 Å². The van der Waals surface area contributed by atoms with Gasteiger partial charge in [0.15, 0.2) is 0 Å². The number of carbonyl (C=O) groups is 2. The Kier molecular flexibility index (Phi) is 9.70. The Morgan fingerprint density at radius 2 is 1.81 bits per heavy atom. The maximum atomic E-state index is 11.2. The fourth-order valence-electron chi connectivity index (χ4n) is 1.22. The largest absolute Gasteiger partial charge is 0.481 e. The maximum absolute atomic E-state index is 11.2. The Labute approximate surface area is 96.6 Å². The van der Waals surface area contributed by atoms with Crippen LogP contribution in [0.25, 0.3) is 0 Å². The first kappa shape index (κ1) is 14.9. The van der Waals surface area contributed by atoms with Gasteiger partial charge in [0.2, 0.25) is 5.91 Å². The van der Waals surface area contributed by atoms with Crippen LogP contribution in [-0.4, -0.2) is 36.6 Å². The first-order chi connectivity index (χ1) is 7.66. The van der Waals surface area contributed by atoms with Crippen molar-refractivity contribution in [1.82, 2.24) is 10.6 Å². The summed E-state index contributed by atoms with van der Waals surface area (Å²) in [5, 5.41) is 14.1. The number of amides is 1. The third-order valence-corrected chi connectivity index (χ3v) is 2.15. The molecule has 0 aromatic heterocycles. The summed E-state index contributed by atoms with van der Waals surface area (Å²) in [5.74, 6) is -0.984. The van der Waals surface area contributed by atoms with Gasteiger partial charge in [0.25, 0.3) is 0 Å². The zero-order valence-corrected chi connectivity index (χ0v) is 9.92. The SMILES string of the molecule is CCCCCNCCC(=O)NCCC(=O)O. The molecule has 16 heavy (non-hydrogen) atoms. The molecule has 0 spiro atoms. The molecule has 0 aliphatic rings. The monoisotopic (exact) mass is 230 g/mol. The first-order valence-electron chi connectivity index (χ1n) is 5.86. The number of unbranched alkanes of at least 4 members (excludes halogenated alkanes) is 2. The molecule has 0 saturated carbocycles. The van der Waals surface area contributed by atoms with Crippen LogP contribution < -0.4 is 10.6 Å². The van der Waals surface area contributed by atoms with Crippen LogP contribution in [0.15, 0.2) is 0 Å². The van der Waals surface area contributed by atoms with Crippen molar-refractivity contribution < 1.29 is 14.7 Å². The molecule has 0 aromatic rings. The molecule has 0 aromatic carbocycles. The van der Waals surface area contributed by atoms with E-state index in [1.54, 1.807) is 0 Å². The van der Waals surface area contributed by atoms with Gasteiger partial charge in [0.1, 0.15) is 0 Å². The summed E-state index contributed by atoms with van der Waals surface area (Å²) >= 11 is 0. The fourth-order valence-corrected chi connectivity index (χ4v) is 1.22. The van der Waals surface area contributed by atoms with Gasteiger partial charge in [-0.25, -0.2) is 0 Å². The molecular formula is C11H22N2O3. The second-order valence-corrected chi connectivity index (χ2v) is 3.70. The molecule has 0 bridgehead atoms. The molecule has 5 nitrogen and oxygen atoms in total. The zero-order chi connectivity index (χ0) is 12.2. The predicted octanol–water partition coefficient (Wildman–Crippen LogP) is 0.747. The van der Waals surface area contributed by atoms with Gasteiger partial charge in [-0.05, 0) is 13.0 Å². The molecule has 0 fully saturated rings. The van der Waals surface area contributed by atoms with Crippen molar-refractivity contribution in [3.8, 4) is 0 Å². The second kappa shape index (κ2) is 10.4. The van der Waals surface area contributed by atoms with Crippen molar-refractivity contribution in [3.05, 3.63) is 0 Å². The van der Waals surface area contributed by atoms with Crippen molar-refractivity contribution in [2.45, 2.75) is 39.0 Å². The summed E-state index contributed by atoms with van der Waals surface area (Å²) in [6.07, 6.45) is 3.92. The summed E-state index contributed by atoms with van der Waals surface area (Å²) in [4.78, 5) is 21.3. The van der Waals surface area contributed by atoms with Gasteiger partial charge >= 0.3 is 5.97 Å². The van der Waals surface area contributed by atoms with Crippen LogP contribution in [0.3, 0.4) is 0 Å². The molecule has 0 heterocycles. The minimum Gasteiger partial charge on any atom is -0.481 e. The molecule has 94 valence electrons. The number of rotatable bonds is 10. The lowest BCUT2D eigenvalue weighted by Gasteiger charge is -2.05. The molecule has 0 saturated heterocycles. The van der Waals surface area contributed by atoms with Crippen LogP contribution in [-0.2, 0) is 9.59 Å². The van der Waals surface area contributed by atoms with Crippen molar-refractivity contribution in [2.75, 3.05) is 19.6 Å². The number of carboxylic acid groups (broad SMARTS) is 1. The van der Waals surface area contributed by atoms with Crippen molar-refractivity contribution in [2.24, 2.45) is 0 Å². The standard InChI is InChI=1S/C11H22N2O3/c1-2-3-4-7-12-8-5-10(14)13-9-6-11(15)16/h12H,2-9H2,1H3,(H,13,14)(H,15,16). The molecular weight excluding hydrogens is 208 g/mol. The minimum atomic E-state index is -0.891. The van der Waals surface area contributed by atoms with E-state index in [9.17, 15) is 9.59 Å². The molecule has 0 atom stereocenters. The minimum absolute atomic E-state index is 0.0182. The van der Waals surface area contributed by atoms with Gasteiger partial charge in [-0.1, -0.05) is 19.8 Å². The zero-order valence-electron chi connectivity index (χ0n) is 9.92. The number of carboxylic acids is 1. The lowest BCUT2D eigenvalue weighted by Crippen LogP contribution is -2.29. The highest BCUT2D eigenvalue weighted by Gasteiger charge is 2.01. The molecule has 5 heteroatoms. The smallest absolute Gasteiger partial charge is 0.305 e. The van der Waals surface area contributed by atoms with Gasteiger partial charge in [-0.2, -0.15) is 0 Å². The highest BCUT2D eigenvalue weighted by atomic mass is 16.4. The Hall–Kier alpha value is -1.10. The summed E-state index contributed by atoms with van der Waals surface area (Å²) in [7, 11) is 0. The van der Waals surface area contributed by atoms with Gasteiger partial charge < -0.3 is 15.7 Å². The second-order valence-electron chi connectivity index (χ2n) is 3.70. The quantitative estimate of drug-likeness (QED) is 0.484. The number of hydrogen-bond donors (Lipinski definition) is 3. The van der Waals surface area contributed by atoms with Crippen LogP contribution in [0.2, 0.25) is 0 Å². The number of carbonyl (C=O) groups excluding carboxylic acids is 1. The highest BCUT2D eigenvalue weighted by Crippen LogP contribution is 1.91. The van der Waals surface area contributed by atoms with Gasteiger partial charge in [-0.3, -0.25) is 9.59 Å². The molecule has 0 unspecified atom stereocenters.